The van der Waals surface area contributed by atoms with Crippen molar-refractivity contribution in [1.29, 1.82) is 0 Å². The molecule has 6 heteroatoms. The van der Waals surface area contributed by atoms with Gasteiger partial charge < -0.3 is 15.1 Å². The van der Waals surface area contributed by atoms with Gasteiger partial charge >= 0.3 is 0 Å². The SMILES string of the molecule is CC1(C)C[C@H]2CN(c3ccc(N4CCC(F)(F)CC4)cc3)C1CNC2=O. The third-order valence-corrected chi connectivity index (χ3v) is 6.35. The molecule has 2 atom stereocenters. The molecule has 26 heavy (non-hydrogen) atoms. The van der Waals surface area contributed by atoms with Crippen LogP contribution in [0.2, 0.25) is 0 Å². The maximum atomic E-state index is 13.4. The van der Waals surface area contributed by atoms with Gasteiger partial charge in [-0.15, -0.1) is 0 Å². The van der Waals surface area contributed by atoms with Gasteiger partial charge in [-0.1, -0.05) is 13.8 Å². The highest BCUT2D eigenvalue weighted by molar-refractivity contribution is 5.81. The fourth-order valence-corrected chi connectivity index (χ4v) is 4.76. The van der Waals surface area contributed by atoms with Crippen molar-refractivity contribution < 1.29 is 13.6 Å². The van der Waals surface area contributed by atoms with Crippen LogP contribution in [0.15, 0.2) is 24.3 Å². The zero-order valence-corrected chi connectivity index (χ0v) is 15.5. The lowest BCUT2D eigenvalue weighted by atomic mass is 9.73. The second-order valence-corrected chi connectivity index (χ2v) is 8.66. The van der Waals surface area contributed by atoms with Crippen LogP contribution in [0.3, 0.4) is 0 Å². The Morgan fingerprint density at radius 2 is 1.69 bits per heavy atom. The first-order valence-electron chi connectivity index (χ1n) is 9.52. The molecule has 5 rings (SSSR count). The molecule has 2 bridgehead atoms. The summed E-state index contributed by atoms with van der Waals surface area (Å²) >= 11 is 0. The summed E-state index contributed by atoms with van der Waals surface area (Å²) in [5.74, 6) is -2.34. The summed E-state index contributed by atoms with van der Waals surface area (Å²) in [6, 6.07) is 8.47. The number of carbonyl (C=O) groups excluding carboxylic acids is 1. The first kappa shape index (κ1) is 17.6. The Hall–Kier alpha value is -1.85. The van der Waals surface area contributed by atoms with Gasteiger partial charge in [-0.05, 0) is 36.1 Å². The van der Waals surface area contributed by atoms with Crippen molar-refractivity contribution in [2.24, 2.45) is 11.3 Å². The number of alkyl halides is 2. The van der Waals surface area contributed by atoms with Crippen molar-refractivity contribution in [1.82, 2.24) is 5.32 Å². The fourth-order valence-electron chi connectivity index (χ4n) is 4.76. The van der Waals surface area contributed by atoms with Crippen LogP contribution < -0.4 is 15.1 Å². The van der Waals surface area contributed by atoms with E-state index in [-0.39, 0.29) is 36.1 Å². The molecule has 1 N–H and O–H groups in total. The second kappa shape index (κ2) is 6.10. The largest absolute Gasteiger partial charge is 0.371 e. The number of nitrogens with one attached hydrogen (secondary N) is 1. The summed E-state index contributed by atoms with van der Waals surface area (Å²) < 4.78 is 26.7. The molecule has 0 saturated carbocycles. The number of anilines is 2. The van der Waals surface area contributed by atoms with E-state index >= 15 is 0 Å². The minimum atomic E-state index is -2.52. The van der Waals surface area contributed by atoms with Crippen LogP contribution in [0.4, 0.5) is 20.2 Å². The summed E-state index contributed by atoms with van der Waals surface area (Å²) in [6.45, 7) is 6.68. The molecule has 4 fully saturated rings. The van der Waals surface area contributed by atoms with Gasteiger partial charge in [0.25, 0.3) is 5.92 Å². The number of carbonyl (C=O) groups is 1. The zero-order valence-electron chi connectivity index (χ0n) is 15.5. The summed E-state index contributed by atoms with van der Waals surface area (Å²) in [5.41, 5.74) is 2.17. The molecule has 1 aromatic rings. The van der Waals surface area contributed by atoms with Gasteiger partial charge in [0.1, 0.15) is 0 Å². The van der Waals surface area contributed by atoms with E-state index < -0.39 is 5.92 Å². The monoisotopic (exact) mass is 363 g/mol. The van der Waals surface area contributed by atoms with Gasteiger partial charge in [0.05, 0.1) is 12.0 Å². The predicted molar refractivity (Wildman–Crippen MR) is 98.9 cm³/mol. The van der Waals surface area contributed by atoms with Crippen molar-refractivity contribution in [2.45, 2.75) is 45.1 Å². The Balaban J connectivity index is 1.53. The van der Waals surface area contributed by atoms with Crippen molar-refractivity contribution in [3.63, 3.8) is 0 Å². The molecule has 1 aromatic carbocycles. The minimum Gasteiger partial charge on any atom is -0.371 e. The Morgan fingerprint density at radius 1 is 1.08 bits per heavy atom. The van der Waals surface area contributed by atoms with Crippen LogP contribution in [0.1, 0.15) is 33.1 Å². The molecule has 4 aliphatic rings. The lowest BCUT2D eigenvalue weighted by Gasteiger charge is -2.47. The van der Waals surface area contributed by atoms with Crippen LogP contribution >= 0.6 is 0 Å². The number of amides is 1. The third-order valence-electron chi connectivity index (χ3n) is 6.35. The first-order chi connectivity index (χ1) is 12.3. The summed E-state index contributed by atoms with van der Waals surface area (Å²) in [5, 5.41) is 3.07. The lowest BCUT2D eigenvalue weighted by Crippen LogP contribution is -2.53. The van der Waals surface area contributed by atoms with Gasteiger partial charge in [-0.2, -0.15) is 0 Å². The van der Waals surface area contributed by atoms with E-state index in [1.165, 1.54) is 0 Å². The van der Waals surface area contributed by atoms with Crippen molar-refractivity contribution in [2.75, 3.05) is 36.0 Å². The van der Waals surface area contributed by atoms with Crippen molar-refractivity contribution in [3.8, 4) is 0 Å². The number of fused-ring (bicyclic) bond motifs is 4. The summed E-state index contributed by atoms with van der Waals surface area (Å²) in [7, 11) is 0. The zero-order chi connectivity index (χ0) is 18.5. The average molecular weight is 363 g/mol. The van der Waals surface area contributed by atoms with Gasteiger partial charge in [-0.25, -0.2) is 8.78 Å². The van der Waals surface area contributed by atoms with Crippen LogP contribution in [-0.4, -0.2) is 44.1 Å². The lowest BCUT2D eigenvalue weighted by molar-refractivity contribution is -0.124. The molecule has 4 aliphatic heterocycles. The molecule has 0 spiro atoms. The van der Waals surface area contributed by atoms with E-state index in [0.29, 0.717) is 19.6 Å². The number of hydrogen-bond donors (Lipinski definition) is 1. The Labute approximate surface area is 153 Å². The smallest absolute Gasteiger partial charge is 0.251 e. The van der Waals surface area contributed by atoms with Crippen LogP contribution in [0.25, 0.3) is 0 Å². The number of rotatable bonds is 2. The standard InChI is InChI=1S/C20H27F2N3O/c1-19(2)11-14-13-25(17(19)12-23-18(14)26)16-5-3-15(4-6-16)24-9-7-20(21,22)8-10-24/h3-6,14,17H,7-13H2,1-2H3,(H,23,26)/t14-,17?/m0/s1. The van der Waals surface area contributed by atoms with Crippen LogP contribution in [0.5, 0.6) is 0 Å². The summed E-state index contributed by atoms with van der Waals surface area (Å²) in [4.78, 5) is 16.6. The number of piperidine rings is 2. The highest BCUT2D eigenvalue weighted by atomic mass is 19.3. The molecule has 4 saturated heterocycles. The van der Waals surface area contributed by atoms with E-state index in [9.17, 15) is 13.6 Å². The van der Waals surface area contributed by atoms with Gasteiger partial charge in [-0.3, -0.25) is 4.79 Å². The molecule has 142 valence electrons. The third kappa shape index (κ3) is 3.14. The van der Waals surface area contributed by atoms with E-state index in [1.54, 1.807) is 0 Å². The van der Waals surface area contributed by atoms with Crippen molar-refractivity contribution in [3.05, 3.63) is 24.3 Å². The topological polar surface area (TPSA) is 35.6 Å². The first-order valence-corrected chi connectivity index (χ1v) is 9.52. The molecular formula is C20H27F2N3O. The molecular weight excluding hydrogens is 336 g/mol. The molecule has 1 amide bonds. The Morgan fingerprint density at radius 3 is 2.35 bits per heavy atom. The van der Waals surface area contributed by atoms with Crippen LogP contribution in [0, 0.1) is 11.3 Å². The highest BCUT2D eigenvalue weighted by Gasteiger charge is 2.46. The maximum absolute atomic E-state index is 13.4. The van der Waals surface area contributed by atoms with Gasteiger partial charge in [0.2, 0.25) is 5.91 Å². The minimum absolute atomic E-state index is 0.0211. The number of halogens is 2. The number of hydrogen-bond acceptors (Lipinski definition) is 3. The molecule has 4 nitrogen and oxygen atoms in total. The van der Waals surface area contributed by atoms with Gasteiger partial charge in [0.15, 0.2) is 0 Å². The normalized spacial score (nSPS) is 30.1. The number of benzene rings is 1. The van der Waals surface area contributed by atoms with E-state index in [0.717, 1.165) is 24.3 Å². The van der Waals surface area contributed by atoms with E-state index in [4.69, 9.17) is 0 Å². The fraction of sp³-hybridized carbons (Fsp3) is 0.650. The average Bonchev–Trinajstić information content (AvgIpc) is 2.81. The molecule has 0 radical (unpaired) electrons. The molecule has 4 heterocycles. The van der Waals surface area contributed by atoms with Crippen molar-refractivity contribution >= 4 is 17.3 Å². The second-order valence-electron chi connectivity index (χ2n) is 8.66. The molecule has 0 aliphatic carbocycles. The number of nitrogens with zero attached hydrogens (tertiary/aromatic N) is 2. The molecule has 1 unspecified atom stereocenters. The summed E-state index contributed by atoms with van der Waals surface area (Å²) in [6.07, 6.45) is 0.763. The molecule has 0 aromatic heterocycles. The highest BCUT2D eigenvalue weighted by Crippen LogP contribution is 2.42. The van der Waals surface area contributed by atoms with E-state index in [2.05, 4.69) is 36.2 Å². The maximum Gasteiger partial charge on any atom is 0.251 e. The van der Waals surface area contributed by atoms with E-state index in [1.807, 2.05) is 17.0 Å². The Bertz CT molecular complexity index is 679. The van der Waals surface area contributed by atoms with Gasteiger partial charge in [0, 0.05) is 50.4 Å². The predicted octanol–water partition coefficient (Wildman–Crippen LogP) is 3.27. The quantitative estimate of drug-likeness (QED) is 0.876. The Kier molecular flexibility index (Phi) is 4.12. The van der Waals surface area contributed by atoms with Crippen LogP contribution in [-0.2, 0) is 4.79 Å².